The number of rotatable bonds is 4. The molecule has 0 radical (unpaired) electrons. The first-order valence-electron chi connectivity index (χ1n) is 7.42. The van der Waals surface area contributed by atoms with Crippen LogP contribution in [0.15, 0.2) is 42.5 Å². The van der Waals surface area contributed by atoms with Crippen LogP contribution in [-0.4, -0.2) is 18.6 Å². The Morgan fingerprint density at radius 3 is 2.39 bits per heavy atom. The Kier molecular flexibility index (Phi) is 5.36. The molecule has 23 heavy (non-hydrogen) atoms. The maximum atomic E-state index is 12.3. The average molecular weight is 312 g/mol. The third-order valence-corrected chi connectivity index (χ3v) is 3.41. The summed E-state index contributed by atoms with van der Waals surface area (Å²) in [5, 5.41) is 5.43. The molecule has 2 N–H and O–H groups in total. The lowest BCUT2D eigenvalue weighted by atomic mass is 10.1. The monoisotopic (exact) mass is 312 g/mol. The highest BCUT2D eigenvalue weighted by atomic mass is 16.5. The maximum absolute atomic E-state index is 12.3. The van der Waals surface area contributed by atoms with Crippen LogP contribution in [0, 0.1) is 13.8 Å². The Labute approximate surface area is 135 Å². The van der Waals surface area contributed by atoms with E-state index < -0.39 is 6.09 Å². The van der Waals surface area contributed by atoms with E-state index in [0.717, 1.165) is 11.3 Å². The van der Waals surface area contributed by atoms with E-state index in [9.17, 15) is 9.59 Å². The fraction of sp³-hybridized carbons (Fsp3) is 0.222. The zero-order chi connectivity index (χ0) is 16.8. The van der Waals surface area contributed by atoms with E-state index >= 15 is 0 Å². The number of benzene rings is 2. The molecule has 5 heteroatoms. The van der Waals surface area contributed by atoms with Gasteiger partial charge in [0, 0.05) is 16.9 Å². The summed E-state index contributed by atoms with van der Waals surface area (Å²) in [6.45, 7) is 6.03. The summed E-state index contributed by atoms with van der Waals surface area (Å²) in [5.41, 5.74) is 3.99. The molecule has 0 heterocycles. The van der Waals surface area contributed by atoms with Crippen LogP contribution in [0.1, 0.15) is 28.4 Å². The molecular formula is C18H20N2O3. The molecule has 0 aliphatic rings. The lowest BCUT2D eigenvalue weighted by molar-refractivity contribution is 0.102. The van der Waals surface area contributed by atoms with E-state index in [-0.39, 0.29) is 5.91 Å². The smallest absolute Gasteiger partial charge is 0.411 e. The van der Waals surface area contributed by atoms with E-state index in [1.54, 1.807) is 31.2 Å². The van der Waals surface area contributed by atoms with Crippen molar-refractivity contribution in [1.29, 1.82) is 0 Å². The average Bonchev–Trinajstić information content (AvgIpc) is 2.51. The van der Waals surface area contributed by atoms with E-state index in [1.807, 2.05) is 32.0 Å². The van der Waals surface area contributed by atoms with Gasteiger partial charge in [-0.25, -0.2) is 4.79 Å². The number of amides is 2. The van der Waals surface area contributed by atoms with Crippen LogP contribution < -0.4 is 10.6 Å². The SMILES string of the molecule is CCOC(=O)Nc1cccc(C(=O)Nc2ccc(C)c(C)c2)c1. The zero-order valence-corrected chi connectivity index (χ0v) is 13.5. The number of hydrogen-bond acceptors (Lipinski definition) is 3. The van der Waals surface area contributed by atoms with Crippen LogP contribution in [0.4, 0.5) is 16.2 Å². The number of hydrogen-bond donors (Lipinski definition) is 2. The highest BCUT2D eigenvalue weighted by Gasteiger charge is 2.09. The Bertz CT molecular complexity index is 726. The van der Waals surface area contributed by atoms with E-state index in [1.165, 1.54) is 5.56 Å². The van der Waals surface area contributed by atoms with Crippen molar-refractivity contribution in [1.82, 2.24) is 0 Å². The highest BCUT2D eigenvalue weighted by molar-refractivity contribution is 6.05. The molecule has 0 aliphatic heterocycles. The van der Waals surface area contributed by atoms with Gasteiger partial charge >= 0.3 is 6.09 Å². The lowest BCUT2D eigenvalue weighted by Crippen LogP contribution is -2.15. The molecule has 0 fully saturated rings. The van der Waals surface area contributed by atoms with Gasteiger partial charge in [0.15, 0.2) is 0 Å². The van der Waals surface area contributed by atoms with E-state index in [0.29, 0.717) is 17.9 Å². The molecule has 2 aromatic carbocycles. The van der Waals surface area contributed by atoms with Crippen molar-refractivity contribution in [3.05, 3.63) is 59.2 Å². The van der Waals surface area contributed by atoms with Gasteiger partial charge in [-0.15, -0.1) is 0 Å². The molecule has 0 aromatic heterocycles. The Morgan fingerprint density at radius 1 is 0.957 bits per heavy atom. The number of anilines is 2. The molecule has 0 spiro atoms. The van der Waals surface area contributed by atoms with Gasteiger partial charge in [0.2, 0.25) is 0 Å². The number of nitrogens with one attached hydrogen (secondary N) is 2. The van der Waals surface area contributed by atoms with Crippen molar-refractivity contribution in [2.45, 2.75) is 20.8 Å². The zero-order valence-electron chi connectivity index (χ0n) is 13.5. The molecule has 0 saturated carbocycles. The van der Waals surface area contributed by atoms with E-state index in [2.05, 4.69) is 10.6 Å². The second kappa shape index (κ2) is 7.45. The molecule has 0 saturated heterocycles. The number of carbonyl (C=O) groups excluding carboxylic acids is 2. The maximum Gasteiger partial charge on any atom is 0.411 e. The fourth-order valence-corrected chi connectivity index (χ4v) is 2.05. The van der Waals surface area contributed by atoms with Gasteiger partial charge in [0.05, 0.1) is 6.61 Å². The lowest BCUT2D eigenvalue weighted by Gasteiger charge is -2.09. The first kappa shape index (κ1) is 16.5. The number of carbonyl (C=O) groups is 2. The second-order valence-corrected chi connectivity index (χ2v) is 5.18. The quantitative estimate of drug-likeness (QED) is 0.892. The van der Waals surface area contributed by atoms with Crippen LogP contribution in [0.25, 0.3) is 0 Å². The molecule has 2 amide bonds. The molecule has 2 rings (SSSR count). The van der Waals surface area contributed by atoms with Crippen molar-refractivity contribution in [2.24, 2.45) is 0 Å². The van der Waals surface area contributed by atoms with Crippen molar-refractivity contribution in [3.8, 4) is 0 Å². The molecule has 2 aromatic rings. The molecule has 0 aliphatic carbocycles. The van der Waals surface area contributed by atoms with Gasteiger partial charge in [0.1, 0.15) is 0 Å². The third-order valence-electron chi connectivity index (χ3n) is 3.41. The van der Waals surface area contributed by atoms with Gasteiger partial charge in [-0.3, -0.25) is 10.1 Å². The normalized spacial score (nSPS) is 10.0. The van der Waals surface area contributed by atoms with Crippen LogP contribution in [0.3, 0.4) is 0 Å². The number of aryl methyl sites for hydroxylation is 2. The Hall–Kier alpha value is -2.82. The predicted octanol–water partition coefficient (Wildman–Crippen LogP) is 4.12. The largest absolute Gasteiger partial charge is 0.450 e. The highest BCUT2D eigenvalue weighted by Crippen LogP contribution is 2.17. The molecule has 5 nitrogen and oxygen atoms in total. The van der Waals surface area contributed by atoms with Gasteiger partial charge < -0.3 is 10.1 Å². The van der Waals surface area contributed by atoms with Crippen molar-refractivity contribution >= 4 is 23.4 Å². The van der Waals surface area contributed by atoms with Gasteiger partial charge in [-0.05, 0) is 62.2 Å². The summed E-state index contributed by atoms with van der Waals surface area (Å²) in [4.78, 5) is 23.7. The summed E-state index contributed by atoms with van der Waals surface area (Å²) in [5.74, 6) is -0.235. The molecule has 0 atom stereocenters. The predicted molar refractivity (Wildman–Crippen MR) is 91.0 cm³/mol. The standard InChI is InChI=1S/C18H20N2O3/c1-4-23-18(22)20-15-7-5-6-14(11-15)17(21)19-16-9-8-12(2)13(3)10-16/h5-11H,4H2,1-3H3,(H,19,21)(H,20,22). The number of ether oxygens (including phenoxy) is 1. The first-order chi connectivity index (χ1) is 11.0. The van der Waals surface area contributed by atoms with Crippen LogP contribution in [0.2, 0.25) is 0 Å². The topological polar surface area (TPSA) is 67.4 Å². The minimum absolute atomic E-state index is 0.235. The fourth-order valence-electron chi connectivity index (χ4n) is 2.05. The van der Waals surface area contributed by atoms with Gasteiger partial charge in [-0.2, -0.15) is 0 Å². The summed E-state index contributed by atoms with van der Waals surface area (Å²) in [6, 6.07) is 12.4. The van der Waals surface area contributed by atoms with Crippen LogP contribution in [-0.2, 0) is 4.74 Å². The molecular weight excluding hydrogens is 292 g/mol. The van der Waals surface area contributed by atoms with Gasteiger partial charge in [-0.1, -0.05) is 12.1 Å². The van der Waals surface area contributed by atoms with Crippen LogP contribution >= 0.6 is 0 Å². The van der Waals surface area contributed by atoms with Crippen molar-refractivity contribution in [2.75, 3.05) is 17.2 Å². The minimum atomic E-state index is -0.542. The molecule has 0 unspecified atom stereocenters. The Morgan fingerprint density at radius 2 is 1.70 bits per heavy atom. The second-order valence-electron chi connectivity index (χ2n) is 5.18. The van der Waals surface area contributed by atoms with Crippen molar-refractivity contribution < 1.29 is 14.3 Å². The summed E-state index contributed by atoms with van der Waals surface area (Å²) >= 11 is 0. The van der Waals surface area contributed by atoms with Crippen LogP contribution in [0.5, 0.6) is 0 Å². The van der Waals surface area contributed by atoms with E-state index in [4.69, 9.17) is 4.74 Å². The summed E-state index contributed by atoms with van der Waals surface area (Å²) in [7, 11) is 0. The van der Waals surface area contributed by atoms with Crippen molar-refractivity contribution in [3.63, 3.8) is 0 Å². The summed E-state index contributed by atoms with van der Waals surface area (Å²) in [6.07, 6.45) is -0.542. The summed E-state index contributed by atoms with van der Waals surface area (Å²) < 4.78 is 4.82. The minimum Gasteiger partial charge on any atom is -0.450 e. The molecule has 0 bridgehead atoms. The Balaban J connectivity index is 2.10. The molecule has 120 valence electrons. The first-order valence-corrected chi connectivity index (χ1v) is 7.42. The third kappa shape index (κ3) is 4.57. The van der Waals surface area contributed by atoms with Gasteiger partial charge in [0.25, 0.3) is 5.91 Å².